The number of anilines is 1. The minimum Gasteiger partial charge on any atom is -0.357 e. The van der Waals surface area contributed by atoms with Crippen molar-refractivity contribution < 1.29 is 0 Å². The van der Waals surface area contributed by atoms with Crippen LogP contribution in [0.25, 0.3) is 0 Å². The molecule has 2 aromatic heterocycles. The zero-order valence-corrected chi connectivity index (χ0v) is 15.5. The first kappa shape index (κ1) is 18.2. The second-order valence-corrected chi connectivity index (χ2v) is 6.49. The van der Waals surface area contributed by atoms with Gasteiger partial charge in [0.15, 0.2) is 5.96 Å². The molecule has 3 heterocycles. The molecule has 1 aliphatic rings. The number of aliphatic imine (C=N–C) groups is 1. The molecule has 0 aliphatic carbocycles. The van der Waals surface area contributed by atoms with Gasteiger partial charge >= 0.3 is 0 Å². The van der Waals surface area contributed by atoms with Crippen molar-refractivity contribution in [3.63, 3.8) is 0 Å². The molecule has 6 heteroatoms. The SMILES string of the molecule is CN=C(NCCc1ccccn1)NCc1ccnc(N2CCCCC2)c1. The van der Waals surface area contributed by atoms with Crippen molar-refractivity contribution in [2.75, 3.05) is 31.6 Å². The zero-order valence-electron chi connectivity index (χ0n) is 15.5. The Hall–Kier alpha value is -2.63. The lowest BCUT2D eigenvalue weighted by Gasteiger charge is -2.28. The highest BCUT2D eigenvalue weighted by Gasteiger charge is 2.12. The molecule has 1 saturated heterocycles. The van der Waals surface area contributed by atoms with Crippen LogP contribution in [0.4, 0.5) is 5.82 Å². The van der Waals surface area contributed by atoms with Crippen molar-refractivity contribution in [3.05, 3.63) is 54.0 Å². The van der Waals surface area contributed by atoms with Crippen LogP contribution in [0.2, 0.25) is 0 Å². The third kappa shape index (κ3) is 5.44. The molecule has 0 unspecified atom stereocenters. The van der Waals surface area contributed by atoms with Crippen LogP contribution in [0.15, 0.2) is 47.7 Å². The quantitative estimate of drug-likeness (QED) is 0.617. The van der Waals surface area contributed by atoms with Crippen LogP contribution >= 0.6 is 0 Å². The smallest absolute Gasteiger partial charge is 0.191 e. The summed E-state index contributed by atoms with van der Waals surface area (Å²) >= 11 is 0. The van der Waals surface area contributed by atoms with Gasteiger partial charge in [0.25, 0.3) is 0 Å². The first-order valence-electron chi connectivity index (χ1n) is 9.39. The van der Waals surface area contributed by atoms with Crippen molar-refractivity contribution in [2.24, 2.45) is 4.99 Å². The fourth-order valence-electron chi connectivity index (χ4n) is 3.13. The summed E-state index contributed by atoms with van der Waals surface area (Å²) < 4.78 is 0. The van der Waals surface area contributed by atoms with Crippen LogP contribution in [0, 0.1) is 0 Å². The van der Waals surface area contributed by atoms with Crippen LogP contribution < -0.4 is 15.5 Å². The third-order valence-electron chi connectivity index (χ3n) is 4.57. The lowest BCUT2D eigenvalue weighted by Crippen LogP contribution is -2.38. The fraction of sp³-hybridized carbons (Fsp3) is 0.450. The van der Waals surface area contributed by atoms with Crippen LogP contribution in [0.1, 0.15) is 30.5 Å². The van der Waals surface area contributed by atoms with Crippen molar-refractivity contribution >= 4 is 11.8 Å². The molecule has 26 heavy (non-hydrogen) atoms. The van der Waals surface area contributed by atoms with E-state index in [0.717, 1.165) is 50.1 Å². The summed E-state index contributed by atoms with van der Waals surface area (Å²) in [6.07, 6.45) is 8.45. The molecular formula is C20H28N6. The molecule has 0 spiro atoms. The van der Waals surface area contributed by atoms with Gasteiger partial charge in [-0.05, 0) is 49.1 Å². The first-order valence-corrected chi connectivity index (χ1v) is 9.39. The van der Waals surface area contributed by atoms with E-state index in [1.54, 1.807) is 7.05 Å². The molecule has 0 amide bonds. The summed E-state index contributed by atoms with van der Waals surface area (Å²) in [5.74, 6) is 1.89. The Labute approximate surface area is 155 Å². The van der Waals surface area contributed by atoms with Gasteiger partial charge in [-0.15, -0.1) is 0 Å². The number of aromatic nitrogens is 2. The lowest BCUT2D eigenvalue weighted by atomic mass is 10.1. The van der Waals surface area contributed by atoms with E-state index < -0.39 is 0 Å². The summed E-state index contributed by atoms with van der Waals surface area (Å²) in [5, 5.41) is 6.71. The molecule has 0 saturated carbocycles. The summed E-state index contributed by atoms with van der Waals surface area (Å²) in [6, 6.07) is 10.2. The average Bonchev–Trinajstić information content (AvgIpc) is 2.72. The Morgan fingerprint density at radius 2 is 1.96 bits per heavy atom. The largest absolute Gasteiger partial charge is 0.357 e. The van der Waals surface area contributed by atoms with Gasteiger partial charge < -0.3 is 15.5 Å². The maximum atomic E-state index is 4.54. The Morgan fingerprint density at radius 1 is 1.08 bits per heavy atom. The van der Waals surface area contributed by atoms with Crippen molar-refractivity contribution in [1.29, 1.82) is 0 Å². The molecule has 1 aliphatic heterocycles. The van der Waals surface area contributed by atoms with Gasteiger partial charge in [-0.2, -0.15) is 0 Å². The van der Waals surface area contributed by atoms with Gasteiger partial charge in [-0.25, -0.2) is 4.98 Å². The van der Waals surface area contributed by atoms with E-state index in [0.29, 0.717) is 0 Å². The van der Waals surface area contributed by atoms with E-state index in [1.165, 1.54) is 24.8 Å². The molecule has 3 rings (SSSR count). The molecule has 0 aromatic carbocycles. The molecule has 0 bridgehead atoms. The minimum atomic E-state index is 0.729. The van der Waals surface area contributed by atoms with E-state index in [9.17, 15) is 0 Å². The monoisotopic (exact) mass is 352 g/mol. The van der Waals surface area contributed by atoms with E-state index >= 15 is 0 Å². The Morgan fingerprint density at radius 3 is 2.73 bits per heavy atom. The normalized spacial score (nSPS) is 15.0. The van der Waals surface area contributed by atoms with Gasteiger partial charge in [-0.1, -0.05) is 6.07 Å². The van der Waals surface area contributed by atoms with Crippen molar-refractivity contribution in [3.8, 4) is 0 Å². The predicted octanol–water partition coefficient (Wildman–Crippen LogP) is 2.37. The summed E-state index contributed by atoms with van der Waals surface area (Å²) in [6.45, 7) is 3.75. The fourth-order valence-corrected chi connectivity index (χ4v) is 3.13. The van der Waals surface area contributed by atoms with Crippen LogP contribution in [0.5, 0.6) is 0 Å². The topological polar surface area (TPSA) is 65.4 Å². The number of guanidine groups is 1. The summed E-state index contributed by atoms with van der Waals surface area (Å²) in [7, 11) is 1.79. The highest BCUT2D eigenvalue weighted by atomic mass is 15.2. The number of hydrogen-bond acceptors (Lipinski definition) is 4. The first-order chi connectivity index (χ1) is 12.8. The Kier molecular flexibility index (Phi) is 6.81. The van der Waals surface area contributed by atoms with Crippen molar-refractivity contribution in [2.45, 2.75) is 32.2 Å². The molecule has 2 aromatic rings. The number of nitrogens with zero attached hydrogens (tertiary/aromatic N) is 4. The maximum absolute atomic E-state index is 4.54. The highest BCUT2D eigenvalue weighted by Crippen LogP contribution is 2.18. The van der Waals surface area contributed by atoms with Gasteiger partial charge in [0.2, 0.25) is 0 Å². The summed E-state index contributed by atoms with van der Waals surface area (Å²) in [5.41, 5.74) is 2.30. The molecular weight excluding hydrogens is 324 g/mol. The standard InChI is InChI=1S/C20H28N6/c1-21-20(24-12-9-18-7-3-4-10-22-18)25-16-17-8-11-23-19(15-17)26-13-5-2-6-14-26/h3-4,7-8,10-11,15H,2,5-6,9,12-14,16H2,1H3,(H2,21,24,25). The number of hydrogen-bond donors (Lipinski definition) is 2. The molecule has 1 fully saturated rings. The van der Waals surface area contributed by atoms with Gasteiger partial charge in [-0.3, -0.25) is 9.98 Å². The van der Waals surface area contributed by atoms with E-state index in [1.807, 2.05) is 30.6 Å². The lowest BCUT2D eigenvalue weighted by molar-refractivity contribution is 0.573. The number of piperidine rings is 1. The number of rotatable bonds is 6. The maximum Gasteiger partial charge on any atom is 0.191 e. The van der Waals surface area contributed by atoms with E-state index in [2.05, 4.69) is 42.6 Å². The predicted molar refractivity (Wildman–Crippen MR) is 106 cm³/mol. The van der Waals surface area contributed by atoms with Gasteiger partial charge in [0, 0.05) is 57.7 Å². The van der Waals surface area contributed by atoms with Crippen molar-refractivity contribution in [1.82, 2.24) is 20.6 Å². The molecule has 0 atom stereocenters. The molecule has 6 nitrogen and oxygen atoms in total. The Bertz CT molecular complexity index is 694. The highest BCUT2D eigenvalue weighted by molar-refractivity contribution is 5.79. The van der Waals surface area contributed by atoms with Crippen LogP contribution in [-0.2, 0) is 13.0 Å². The zero-order chi connectivity index (χ0) is 18.0. The number of nitrogens with one attached hydrogen (secondary N) is 2. The second kappa shape index (κ2) is 9.75. The minimum absolute atomic E-state index is 0.729. The van der Waals surface area contributed by atoms with Gasteiger partial charge in [0.1, 0.15) is 5.82 Å². The number of pyridine rings is 2. The molecule has 2 N–H and O–H groups in total. The van der Waals surface area contributed by atoms with E-state index in [-0.39, 0.29) is 0 Å². The second-order valence-electron chi connectivity index (χ2n) is 6.49. The summed E-state index contributed by atoms with van der Waals surface area (Å²) in [4.78, 5) is 15.6. The average molecular weight is 352 g/mol. The van der Waals surface area contributed by atoms with Crippen LogP contribution in [-0.4, -0.2) is 42.6 Å². The van der Waals surface area contributed by atoms with E-state index in [4.69, 9.17) is 0 Å². The third-order valence-corrected chi connectivity index (χ3v) is 4.57. The molecule has 0 radical (unpaired) electrons. The van der Waals surface area contributed by atoms with Gasteiger partial charge in [0.05, 0.1) is 0 Å². The Balaban J connectivity index is 1.47. The molecule has 138 valence electrons. The van der Waals surface area contributed by atoms with Crippen LogP contribution in [0.3, 0.4) is 0 Å².